The van der Waals surface area contributed by atoms with E-state index in [0.717, 1.165) is 5.69 Å². The molecule has 0 saturated carbocycles. The largest absolute Gasteiger partial charge is 0.356 e. The molecule has 0 N–H and O–H groups in total. The normalized spacial score (nSPS) is 11.3. The van der Waals surface area contributed by atoms with Crippen molar-refractivity contribution in [2.75, 3.05) is 14.2 Å². The minimum Gasteiger partial charge on any atom is -0.356 e. The van der Waals surface area contributed by atoms with Crippen LogP contribution in [-0.2, 0) is 28.9 Å². The van der Waals surface area contributed by atoms with Crippen LogP contribution >= 0.6 is 0 Å². The van der Waals surface area contributed by atoms with Crippen LogP contribution in [-0.4, -0.2) is 30.3 Å². The molecule has 0 atom stereocenters. The molecule has 0 aliphatic rings. The fourth-order valence-corrected chi connectivity index (χ4v) is 2.26. The maximum atomic E-state index is 13.5. The smallest absolute Gasteiger partial charge is 0.162 e. The molecule has 0 bridgehead atoms. The zero-order valence-corrected chi connectivity index (χ0v) is 12.8. The van der Waals surface area contributed by atoms with Crippen molar-refractivity contribution < 1.29 is 18.3 Å². The van der Waals surface area contributed by atoms with Gasteiger partial charge in [0.2, 0.25) is 0 Å². The van der Waals surface area contributed by atoms with Gasteiger partial charge in [0.25, 0.3) is 0 Å². The van der Waals surface area contributed by atoms with Gasteiger partial charge in [0.1, 0.15) is 11.6 Å². The summed E-state index contributed by atoms with van der Waals surface area (Å²) in [6, 6.07) is 5.81. The van der Waals surface area contributed by atoms with Crippen molar-refractivity contribution >= 4 is 0 Å². The molecule has 0 fully saturated rings. The van der Waals surface area contributed by atoms with E-state index < -0.39 is 11.6 Å². The second kappa shape index (κ2) is 8.00. The average molecular weight is 310 g/mol. The Hall–Kier alpha value is -1.79. The molecule has 0 amide bonds. The molecule has 1 aromatic carbocycles. The van der Waals surface area contributed by atoms with Crippen LogP contribution in [0.4, 0.5) is 8.78 Å². The third-order valence-corrected chi connectivity index (χ3v) is 3.47. The van der Waals surface area contributed by atoms with Crippen molar-refractivity contribution in [1.82, 2.24) is 9.78 Å². The van der Waals surface area contributed by atoms with Gasteiger partial charge in [0, 0.05) is 38.9 Å². The number of methoxy groups -OCH3 is 2. The van der Waals surface area contributed by atoms with Crippen LogP contribution in [0.2, 0.25) is 0 Å². The van der Waals surface area contributed by atoms with E-state index in [2.05, 4.69) is 5.10 Å². The molecule has 1 aromatic heterocycles. The summed E-state index contributed by atoms with van der Waals surface area (Å²) in [5, 5.41) is 4.39. The molecule has 22 heavy (non-hydrogen) atoms. The van der Waals surface area contributed by atoms with Crippen LogP contribution in [0, 0.1) is 11.6 Å². The third kappa shape index (κ3) is 4.35. The van der Waals surface area contributed by atoms with Gasteiger partial charge in [-0.05, 0) is 31.0 Å². The summed E-state index contributed by atoms with van der Waals surface area (Å²) >= 11 is 0. The average Bonchev–Trinajstić information content (AvgIpc) is 2.95. The van der Waals surface area contributed by atoms with Gasteiger partial charge in [-0.3, -0.25) is 4.68 Å². The van der Waals surface area contributed by atoms with E-state index in [1.807, 2.05) is 12.3 Å². The minimum atomic E-state index is -0.496. The van der Waals surface area contributed by atoms with Gasteiger partial charge in [-0.15, -0.1) is 0 Å². The molecule has 4 nitrogen and oxygen atoms in total. The summed E-state index contributed by atoms with van der Waals surface area (Å²) in [5.41, 5.74) is 0.986. The van der Waals surface area contributed by atoms with E-state index in [-0.39, 0.29) is 11.9 Å². The number of nitrogens with zero attached hydrogens (tertiary/aromatic N) is 2. The second-order valence-electron chi connectivity index (χ2n) is 4.98. The quantitative estimate of drug-likeness (QED) is 0.703. The highest BCUT2D eigenvalue weighted by molar-refractivity contribution is 5.19. The van der Waals surface area contributed by atoms with Gasteiger partial charge in [-0.2, -0.15) is 5.10 Å². The minimum absolute atomic E-state index is 0.133. The molecule has 0 saturated heterocycles. The topological polar surface area (TPSA) is 36.3 Å². The predicted octanol–water partition coefficient (Wildman–Crippen LogP) is 2.96. The van der Waals surface area contributed by atoms with Crippen molar-refractivity contribution in [3.8, 4) is 0 Å². The zero-order valence-electron chi connectivity index (χ0n) is 12.8. The first-order chi connectivity index (χ1) is 10.6. The van der Waals surface area contributed by atoms with E-state index in [4.69, 9.17) is 9.47 Å². The van der Waals surface area contributed by atoms with E-state index >= 15 is 0 Å². The van der Waals surface area contributed by atoms with Gasteiger partial charge < -0.3 is 9.47 Å². The summed E-state index contributed by atoms with van der Waals surface area (Å²) in [6.07, 6.45) is 3.02. The number of halogens is 2. The lowest BCUT2D eigenvalue weighted by Crippen LogP contribution is -2.16. The van der Waals surface area contributed by atoms with Gasteiger partial charge in [-0.25, -0.2) is 8.78 Å². The Labute approximate surface area is 128 Å². The Morgan fingerprint density at radius 3 is 2.45 bits per heavy atom. The number of aromatic nitrogens is 2. The Morgan fingerprint density at radius 2 is 1.82 bits per heavy atom. The number of ether oxygens (including phenoxy) is 2. The molecule has 0 radical (unpaired) electrons. The Kier molecular flexibility index (Phi) is 6.03. The SMILES string of the molecule is COC(Cc1ccn(CCCc2c(F)cccc2F)n1)OC. The lowest BCUT2D eigenvalue weighted by molar-refractivity contribution is -0.101. The Bertz CT molecular complexity index is 577. The van der Waals surface area contributed by atoms with Crippen molar-refractivity contribution in [1.29, 1.82) is 0 Å². The van der Waals surface area contributed by atoms with Crippen molar-refractivity contribution in [3.63, 3.8) is 0 Å². The van der Waals surface area contributed by atoms with Gasteiger partial charge in [0.05, 0.1) is 5.69 Å². The molecule has 2 aromatic rings. The van der Waals surface area contributed by atoms with Crippen molar-refractivity contribution in [3.05, 3.63) is 53.4 Å². The Balaban J connectivity index is 1.86. The van der Waals surface area contributed by atoms with Crippen molar-refractivity contribution in [2.24, 2.45) is 0 Å². The predicted molar refractivity (Wildman–Crippen MR) is 78.4 cm³/mol. The first-order valence-corrected chi connectivity index (χ1v) is 7.15. The summed E-state index contributed by atoms with van der Waals surface area (Å²) in [7, 11) is 3.15. The van der Waals surface area contributed by atoms with Gasteiger partial charge >= 0.3 is 0 Å². The first kappa shape index (κ1) is 16.6. The van der Waals surface area contributed by atoms with E-state index in [1.54, 1.807) is 18.9 Å². The highest BCUT2D eigenvalue weighted by atomic mass is 19.1. The van der Waals surface area contributed by atoms with Crippen molar-refractivity contribution in [2.45, 2.75) is 32.1 Å². The number of benzene rings is 1. The second-order valence-corrected chi connectivity index (χ2v) is 4.98. The number of aryl methyl sites for hydroxylation is 1. The van der Waals surface area contributed by atoms with E-state index in [9.17, 15) is 8.78 Å². The molecular formula is C16H20F2N2O2. The number of hydrogen-bond acceptors (Lipinski definition) is 3. The highest BCUT2D eigenvalue weighted by Crippen LogP contribution is 2.14. The molecule has 0 aliphatic heterocycles. The van der Waals surface area contributed by atoms with Crippen LogP contribution in [0.3, 0.4) is 0 Å². The van der Waals surface area contributed by atoms with Crippen LogP contribution in [0.5, 0.6) is 0 Å². The van der Waals surface area contributed by atoms with Crippen LogP contribution in [0.15, 0.2) is 30.5 Å². The molecular weight excluding hydrogens is 290 g/mol. The summed E-state index contributed by atoms with van der Waals surface area (Å²) in [4.78, 5) is 0. The molecule has 6 heteroatoms. The lowest BCUT2D eigenvalue weighted by atomic mass is 10.1. The van der Waals surface area contributed by atoms with Crippen LogP contribution < -0.4 is 0 Å². The van der Waals surface area contributed by atoms with Gasteiger partial charge in [-0.1, -0.05) is 6.07 Å². The molecule has 0 spiro atoms. The molecule has 0 aliphatic carbocycles. The molecule has 2 rings (SSSR count). The fourth-order valence-electron chi connectivity index (χ4n) is 2.26. The van der Waals surface area contributed by atoms with E-state index in [1.165, 1.54) is 18.2 Å². The fraction of sp³-hybridized carbons (Fsp3) is 0.438. The maximum Gasteiger partial charge on any atom is 0.162 e. The number of hydrogen-bond donors (Lipinski definition) is 0. The summed E-state index contributed by atoms with van der Waals surface area (Å²) in [5.74, 6) is -0.992. The third-order valence-electron chi connectivity index (χ3n) is 3.47. The lowest BCUT2D eigenvalue weighted by Gasteiger charge is -2.11. The highest BCUT2D eigenvalue weighted by Gasteiger charge is 2.10. The van der Waals surface area contributed by atoms with Crippen LogP contribution in [0.1, 0.15) is 17.7 Å². The Morgan fingerprint density at radius 1 is 1.14 bits per heavy atom. The maximum absolute atomic E-state index is 13.5. The number of rotatable bonds is 8. The first-order valence-electron chi connectivity index (χ1n) is 7.15. The molecule has 1 heterocycles. The van der Waals surface area contributed by atoms with E-state index in [0.29, 0.717) is 25.8 Å². The van der Waals surface area contributed by atoms with Crippen LogP contribution in [0.25, 0.3) is 0 Å². The summed E-state index contributed by atoms with van der Waals surface area (Å²) in [6.45, 7) is 0.596. The summed E-state index contributed by atoms with van der Waals surface area (Å²) < 4.78 is 39.0. The monoisotopic (exact) mass is 310 g/mol. The molecule has 120 valence electrons. The standard InChI is InChI=1S/C16H20F2N2O2/c1-21-16(22-2)11-12-8-10-20(19-12)9-4-5-13-14(17)6-3-7-15(13)18/h3,6-8,10,16H,4-5,9,11H2,1-2H3. The van der Waals surface area contributed by atoms with Gasteiger partial charge in [0.15, 0.2) is 6.29 Å². The zero-order chi connectivity index (χ0) is 15.9. The molecule has 0 unspecified atom stereocenters.